The summed E-state index contributed by atoms with van der Waals surface area (Å²) in [5, 5.41) is 4.67. The van der Waals surface area contributed by atoms with Crippen molar-refractivity contribution in [1.29, 1.82) is 0 Å². The molecule has 6 heteroatoms. The molecule has 0 radical (unpaired) electrons. The number of halogens is 3. The highest BCUT2D eigenvalue weighted by Gasteiger charge is 2.26. The summed E-state index contributed by atoms with van der Waals surface area (Å²) in [4.78, 5) is 14.9. The normalized spacial score (nSPS) is 18.1. The van der Waals surface area contributed by atoms with Crippen molar-refractivity contribution in [2.75, 3.05) is 18.4 Å². The summed E-state index contributed by atoms with van der Waals surface area (Å²) in [6, 6.07) is 12.9. The Labute approximate surface area is 162 Å². The number of anilines is 1. The van der Waals surface area contributed by atoms with Crippen LogP contribution in [0.15, 0.2) is 42.5 Å². The van der Waals surface area contributed by atoms with E-state index in [-0.39, 0.29) is 11.8 Å². The fourth-order valence-electron chi connectivity index (χ4n) is 3.09. The van der Waals surface area contributed by atoms with Crippen molar-refractivity contribution in [3.05, 3.63) is 63.1 Å². The molecule has 132 valence electrons. The van der Waals surface area contributed by atoms with Crippen molar-refractivity contribution in [2.45, 2.75) is 19.4 Å². The van der Waals surface area contributed by atoms with Crippen LogP contribution in [0.1, 0.15) is 18.4 Å². The zero-order valence-corrected chi connectivity index (χ0v) is 15.9. The third-order valence-corrected chi connectivity index (χ3v) is 5.18. The number of carbonyl (C=O) groups excluding carboxylic acids is 1. The van der Waals surface area contributed by atoms with Crippen LogP contribution in [0.4, 0.5) is 5.69 Å². The second-order valence-electron chi connectivity index (χ2n) is 6.31. The smallest absolute Gasteiger partial charge is 0.228 e. The molecule has 0 aromatic heterocycles. The molecule has 0 spiro atoms. The van der Waals surface area contributed by atoms with E-state index >= 15 is 0 Å². The minimum atomic E-state index is -0.0483. The lowest BCUT2D eigenvalue weighted by molar-refractivity contribution is -0.121. The van der Waals surface area contributed by atoms with Crippen LogP contribution in [-0.2, 0) is 11.3 Å². The number of nitrogens with one attached hydrogen (secondary N) is 1. The summed E-state index contributed by atoms with van der Waals surface area (Å²) in [6.07, 6.45) is 1.88. The maximum atomic E-state index is 12.6. The predicted molar refractivity (Wildman–Crippen MR) is 105 cm³/mol. The zero-order valence-electron chi connectivity index (χ0n) is 13.6. The molecule has 1 fully saturated rings. The molecule has 0 saturated carbocycles. The molecule has 0 aliphatic carbocycles. The Balaban J connectivity index is 1.60. The maximum Gasteiger partial charge on any atom is 0.228 e. The molecular formula is C19H19Cl3N2O. The monoisotopic (exact) mass is 396 g/mol. The standard InChI is InChI=1S/C19H19Cl3N2O/c20-15-5-3-13(4-6-15)11-24-9-1-2-14(12-24)19(25)23-18-8-7-16(21)10-17(18)22/h3-8,10,14H,1-2,9,11-12H2,(H,23,25). The molecule has 0 bridgehead atoms. The highest BCUT2D eigenvalue weighted by Crippen LogP contribution is 2.27. The molecule has 1 N–H and O–H groups in total. The van der Waals surface area contributed by atoms with Crippen molar-refractivity contribution in [2.24, 2.45) is 5.92 Å². The molecule has 1 unspecified atom stereocenters. The van der Waals surface area contributed by atoms with Gasteiger partial charge in [0.1, 0.15) is 0 Å². The fourth-order valence-corrected chi connectivity index (χ4v) is 3.67. The van der Waals surface area contributed by atoms with Gasteiger partial charge in [0.05, 0.1) is 16.6 Å². The third kappa shape index (κ3) is 5.11. The Hall–Kier alpha value is -1.26. The quantitative estimate of drug-likeness (QED) is 0.739. The van der Waals surface area contributed by atoms with Crippen LogP contribution in [0.5, 0.6) is 0 Å². The summed E-state index contributed by atoms with van der Waals surface area (Å²) in [5.74, 6) is -0.0437. The molecular weight excluding hydrogens is 379 g/mol. The number of carbonyl (C=O) groups is 1. The number of benzene rings is 2. The number of piperidine rings is 1. The molecule has 3 rings (SSSR count). The first-order chi connectivity index (χ1) is 12.0. The van der Waals surface area contributed by atoms with Gasteiger partial charge in [-0.25, -0.2) is 0 Å². The third-order valence-electron chi connectivity index (χ3n) is 4.38. The van der Waals surface area contributed by atoms with Gasteiger partial charge >= 0.3 is 0 Å². The first-order valence-corrected chi connectivity index (χ1v) is 9.37. The lowest BCUT2D eigenvalue weighted by Gasteiger charge is -2.32. The van der Waals surface area contributed by atoms with Gasteiger partial charge in [0.25, 0.3) is 0 Å². The summed E-state index contributed by atoms with van der Waals surface area (Å²) in [6.45, 7) is 2.55. The highest BCUT2D eigenvalue weighted by molar-refractivity contribution is 6.36. The van der Waals surface area contributed by atoms with Gasteiger partial charge in [-0.05, 0) is 55.3 Å². The van der Waals surface area contributed by atoms with Crippen LogP contribution in [0.25, 0.3) is 0 Å². The molecule has 2 aromatic rings. The number of rotatable bonds is 4. The van der Waals surface area contributed by atoms with Gasteiger partial charge in [-0.1, -0.05) is 46.9 Å². The Morgan fingerprint density at radius 3 is 2.52 bits per heavy atom. The lowest BCUT2D eigenvalue weighted by atomic mass is 9.96. The van der Waals surface area contributed by atoms with Crippen molar-refractivity contribution >= 4 is 46.4 Å². The molecule has 3 nitrogen and oxygen atoms in total. The van der Waals surface area contributed by atoms with Gasteiger partial charge in [0.15, 0.2) is 0 Å². The second-order valence-corrected chi connectivity index (χ2v) is 7.59. The number of hydrogen-bond donors (Lipinski definition) is 1. The Morgan fingerprint density at radius 2 is 1.80 bits per heavy atom. The van der Waals surface area contributed by atoms with Crippen LogP contribution >= 0.6 is 34.8 Å². The highest BCUT2D eigenvalue weighted by atomic mass is 35.5. The van der Waals surface area contributed by atoms with Crippen molar-refractivity contribution < 1.29 is 4.79 Å². The number of nitrogens with zero attached hydrogens (tertiary/aromatic N) is 1. The fraction of sp³-hybridized carbons (Fsp3) is 0.316. The van der Waals surface area contributed by atoms with Crippen LogP contribution in [-0.4, -0.2) is 23.9 Å². The minimum absolute atomic E-state index is 0.00466. The van der Waals surface area contributed by atoms with E-state index in [1.54, 1.807) is 18.2 Å². The van der Waals surface area contributed by atoms with E-state index in [2.05, 4.69) is 10.2 Å². The average Bonchev–Trinajstić information content (AvgIpc) is 2.60. The molecule has 1 aliphatic rings. The van der Waals surface area contributed by atoms with E-state index in [0.717, 1.165) is 37.5 Å². The van der Waals surface area contributed by atoms with Crippen molar-refractivity contribution in [3.8, 4) is 0 Å². The predicted octanol–water partition coefficient (Wildman–Crippen LogP) is 5.50. The van der Waals surface area contributed by atoms with Gasteiger partial charge in [0, 0.05) is 23.1 Å². The summed E-state index contributed by atoms with van der Waals surface area (Å²) in [7, 11) is 0. The molecule has 1 aliphatic heterocycles. The molecule has 1 amide bonds. The van der Waals surface area contributed by atoms with Crippen LogP contribution in [0.3, 0.4) is 0 Å². The lowest BCUT2D eigenvalue weighted by Crippen LogP contribution is -2.40. The van der Waals surface area contributed by atoms with E-state index in [0.29, 0.717) is 15.7 Å². The number of hydrogen-bond acceptors (Lipinski definition) is 2. The molecule has 1 heterocycles. The average molecular weight is 398 g/mol. The van der Waals surface area contributed by atoms with E-state index < -0.39 is 0 Å². The van der Waals surface area contributed by atoms with Gasteiger partial charge in [0.2, 0.25) is 5.91 Å². The minimum Gasteiger partial charge on any atom is -0.324 e. The topological polar surface area (TPSA) is 32.3 Å². The van der Waals surface area contributed by atoms with Crippen molar-refractivity contribution in [1.82, 2.24) is 4.90 Å². The Morgan fingerprint density at radius 1 is 1.08 bits per heavy atom. The summed E-state index contributed by atoms with van der Waals surface area (Å²) in [5.41, 5.74) is 1.80. The van der Waals surface area contributed by atoms with Gasteiger partial charge in [-0.2, -0.15) is 0 Å². The summed E-state index contributed by atoms with van der Waals surface area (Å²) < 4.78 is 0. The second kappa shape index (κ2) is 8.41. The Bertz CT molecular complexity index is 749. The first kappa shape index (κ1) is 18.5. The van der Waals surface area contributed by atoms with E-state index in [4.69, 9.17) is 34.8 Å². The van der Waals surface area contributed by atoms with Gasteiger partial charge < -0.3 is 5.32 Å². The Kier molecular flexibility index (Phi) is 6.24. The van der Waals surface area contributed by atoms with E-state index in [9.17, 15) is 4.79 Å². The van der Waals surface area contributed by atoms with E-state index in [1.807, 2.05) is 24.3 Å². The molecule has 1 saturated heterocycles. The number of amides is 1. The summed E-state index contributed by atoms with van der Waals surface area (Å²) >= 11 is 18.0. The number of likely N-dealkylation sites (tertiary alicyclic amines) is 1. The largest absolute Gasteiger partial charge is 0.324 e. The SMILES string of the molecule is O=C(Nc1ccc(Cl)cc1Cl)C1CCCN(Cc2ccc(Cl)cc2)C1. The molecule has 1 atom stereocenters. The van der Waals surface area contributed by atoms with E-state index in [1.165, 1.54) is 5.56 Å². The zero-order chi connectivity index (χ0) is 17.8. The molecule has 2 aromatic carbocycles. The van der Waals surface area contributed by atoms with Gasteiger partial charge in [-0.3, -0.25) is 9.69 Å². The van der Waals surface area contributed by atoms with Crippen LogP contribution < -0.4 is 5.32 Å². The van der Waals surface area contributed by atoms with Crippen LogP contribution in [0.2, 0.25) is 15.1 Å². The van der Waals surface area contributed by atoms with Crippen LogP contribution in [0, 0.1) is 5.92 Å². The maximum absolute atomic E-state index is 12.6. The van der Waals surface area contributed by atoms with Crippen molar-refractivity contribution in [3.63, 3.8) is 0 Å². The first-order valence-electron chi connectivity index (χ1n) is 8.24. The van der Waals surface area contributed by atoms with Gasteiger partial charge in [-0.15, -0.1) is 0 Å². The molecule has 25 heavy (non-hydrogen) atoms.